The van der Waals surface area contributed by atoms with Crippen molar-refractivity contribution in [3.05, 3.63) is 0 Å². The predicted molar refractivity (Wildman–Crippen MR) is 60.1 cm³/mol. The van der Waals surface area contributed by atoms with E-state index in [-0.39, 0.29) is 23.9 Å². The lowest BCUT2D eigenvalue weighted by molar-refractivity contribution is -0.144. The average Bonchev–Trinajstić information content (AvgIpc) is 2.56. The zero-order valence-electron chi connectivity index (χ0n) is 9.94. The summed E-state index contributed by atoms with van der Waals surface area (Å²) in [6.45, 7) is 3.57. The molecular formula is C11H17N3O3. The first-order chi connectivity index (χ1) is 8.13. The van der Waals surface area contributed by atoms with Crippen molar-refractivity contribution in [1.29, 1.82) is 0 Å². The van der Waals surface area contributed by atoms with E-state index in [0.717, 1.165) is 6.42 Å². The maximum atomic E-state index is 11.5. The topological polar surface area (TPSA) is 69.7 Å². The number of hydrogen-bond donors (Lipinski definition) is 1. The number of nitrogens with one attached hydrogen (secondary N) is 1. The van der Waals surface area contributed by atoms with Gasteiger partial charge in [-0.05, 0) is 6.42 Å². The van der Waals surface area contributed by atoms with E-state index in [0.29, 0.717) is 32.5 Å². The maximum absolute atomic E-state index is 11.5. The Balaban J connectivity index is 1.80. The summed E-state index contributed by atoms with van der Waals surface area (Å²) in [4.78, 5) is 37.4. The van der Waals surface area contributed by atoms with Gasteiger partial charge in [-0.2, -0.15) is 0 Å². The fourth-order valence-electron chi connectivity index (χ4n) is 2.13. The van der Waals surface area contributed by atoms with Crippen molar-refractivity contribution >= 4 is 17.8 Å². The summed E-state index contributed by atoms with van der Waals surface area (Å²) < 4.78 is 0. The second-order valence-electron chi connectivity index (χ2n) is 4.45. The molecule has 2 aliphatic rings. The van der Waals surface area contributed by atoms with Crippen molar-refractivity contribution in [2.24, 2.45) is 0 Å². The molecule has 4 amide bonds. The summed E-state index contributed by atoms with van der Waals surface area (Å²) in [5, 5.41) is 2.77. The molecule has 1 N–H and O–H groups in total. The molecule has 94 valence electrons. The molecule has 0 atom stereocenters. The molecular weight excluding hydrogens is 222 g/mol. The molecule has 2 heterocycles. The van der Waals surface area contributed by atoms with Crippen LogP contribution in [0.4, 0.5) is 4.79 Å². The quantitative estimate of drug-likeness (QED) is 0.701. The Kier molecular flexibility index (Phi) is 3.31. The Labute approximate surface area is 99.9 Å². The fraction of sp³-hybridized carbons (Fsp3) is 0.727. The Bertz CT molecular complexity index is 334. The van der Waals surface area contributed by atoms with Crippen LogP contribution in [0.3, 0.4) is 0 Å². The Morgan fingerprint density at radius 3 is 2.41 bits per heavy atom. The molecule has 0 spiro atoms. The summed E-state index contributed by atoms with van der Waals surface area (Å²) in [5.74, 6) is -0.206. The standard InChI is InChI=1S/C11H17N3O3/c1-2-5-12-11(17)13-6-8(7-13)14-9(15)3-4-10(14)16/h8H,2-7H2,1H3,(H,12,17). The second kappa shape index (κ2) is 4.73. The van der Waals surface area contributed by atoms with Crippen LogP contribution in [0.2, 0.25) is 0 Å². The minimum atomic E-state index is -0.109. The van der Waals surface area contributed by atoms with Crippen LogP contribution in [0.25, 0.3) is 0 Å². The van der Waals surface area contributed by atoms with Gasteiger partial charge in [-0.15, -0.1) is 0 Å². The number of amides is 4. The van der Waals surface area contributed by atoms with Crippen molar-refractivity contribution in [1.82, 2.24) is 15.1 Å². The van der Waals surface area contributed by atoms with Crippen LogP contribution in [-0.4, -0.2) is 53.3 Å². The van der Waals surface area contributed by atoms with Crippen LogP contribution in [0.1, 0.15) is 26.2 Å². The molecule has 6 heteroatoms. The summed E-state index contributed by atoms with van der Waals surface area (Å²) in [5.41, 5.74) is 0. The van der Waals surface area contributed by atoms with Crippen LogP contribution in [0.15, 0.2) is 0 Å². The number of urea groups is 1. The van der Waals surface area contributed by atoms with Gasteiger partial charge in [0, 0.05) is 32.5 Å². The van der Waals surface area contributed by atoms with Crippen LogP contribution in [0, 0.1) is 0 Å². The first kappa shape index (κ1) is 11.9. The number of imide groups is 1. The Morgan fingerprint density at radius 1 is 1.29 bits per heavy atom. The van der Waals surface area contributed by atoms with Gasteiger partial charge in [0.2, 0.25) is 11.8 Å². The van der Waals surface area contributed by atoms with E-state index in [1.807, 2.05) is 6.92 Å². The predicted octanol–water partition coefficient (Wildman–Crippen LogP) is -0.0608. The molecule has 0 aromatic rings. The van der Waals surface area contributed by atoms with Crippen molar-refractivity contribution in [2.45, 2.75) is 32.2 Å². The number of nitrogens with zero attached hydrogens (tertiary/aromatic N) is 2. The first-order valence-corrected chi connectivity index (χ1v) is 6.01. The Hall–Kier alpha value is -1.59. The lowest BCUT2D eigenvalue weighted by atomic mass is 10.1. The van der Waals surface area contributed by atoms with Gasteiger partial charge in [0.1, 0.15) is 0 Å². The van der Waals surface area contributed by atoms with Crippen molar-refractivity contribution in [3.63, 3.8) is 0 Å². The van der Waals surface area contributed by atoms with Gasteiger partial charge in [0.15, 0.2) is 0 Å². The first-order valence-electron chi connectivity index (χ1n) is 6.01. The maximum Gasteiger partial charge on any atom is 0.317 e. The van der Waals surface area contributed by atoms with Crippen LogP contribution in [-0.2, 0) is 9.59 Å². The van der Waals surface area contributed by atoms with E-state index >= 15 is 0 Å². The molecule has 2 aliphatic heterocycles. The van der Waals surface area contributed by atoms with E-state index in [2.05, 4.69) is 5.32 Å². The monoisotopic (exact) mass is 239 g/mol. The third-order valence-electron chi connectivity index (χ3n) is 3.13. The summed E-state index contributed by atoms with van der Waals surface area (Å²) in [7, 11) is 0. The van der Waals surface area contributed by atoms with Gasteiger partial charge in [-0.25, -0.2) is 4.79 Å². The SMILES string of the molecule is CCCNC(=O)N1CC(N2C(=O)CCC2=O)C1. The normalized spacial score (nSPS) is 20.8. The molecule has 17 heavy (non-hydrogen) atoms. The fourth-order valence-corrected chi connectivity index (χ4v) is 2.13. The lowest BCUT2D eigenvalue weighted by Gasteiger charge is -2.42. The van der Waals surface area contributed by atoms with Crippen molar-refractivity contribution in [2.75, 3.05) is 19.6 Å². The van der Waals surface area contributed by atoms with Gasteiger partial charge in [-0.1, -0.05) is 6.92 Å². The number of carbonyl (C=O) groups excluding carboxylic acids is 3. The van der Waals surface area contributed by atoms with E-state index in [4.69, 9.17) is 0 Å². The Morgan fingerprint density at radius 2 is 1.88 bits per heavy atom. The van der Waals surface area contributed by atoms with Crippen molar-refractivity contribution in [3.8, 4) is 0 Å². The van der Waals surface area contributed by atoms with E-state index < -0.39 is 0 Å². The van der Waals surface area contributed by atoms with E-state index in [1.165, 1.54) is 4.90 Å². The molecule has 0 radical (unpaired) electrons. The van der Waals surface area contributed by atoms with Gasteiger partial charge < -0.3 is 10.2 Å². The number of rotatable bonds is 3. The highest BCUT2D eigenvalue weighted by Gasteiger charge is 2.42. The molecule has 6 nitrogen and oxygen atoms in total. The third kappa shape index (κ3) is 2.25. The zero-order valence-corrected chi connectivity index (χ0v) is 9.94. The third-order valence-corrected chi connectivity index (χ3v) is 3.13. The average molecular weight is 239 g/mol. The van der Waals surface area contributed by atoms with Gasteiger partial charge in [0.25, 0.3) is 0 Å². The van der Waals surface area contributed by atoms with Crippen LogP contribution >= 0.6 is 0 Å². The summed E-state index contributed by atoms with van der Waals surface area (Å²) in [6.07, 6.45) is 1.53. The molecule has 0 unspecified atom stereocenters. The minimum Gasteiger partial charge on any atom is -0.338 e. The smallest absolute Gasteiger partial charge is 0.317 e. The molecule has 0 saturated carbocycles. The van der Waals surface area contributed by atoms with Crippen LogP contribution in [0.5, 0.6) is 0 Å². The second-order valence-corrected chi connectivity index (χ2v) is 4.45. The molecule has 0 bridgehead atoms. The molecule has 2 rings (SSSR count). The minimum absolute atomic E-state index is 0.103. The van der Waals surface area contributed by atoms with Crippen LogP contribution < -0.4 is 5.32 Å². The van der Waals surface area contributed by atoms with Crippen molar-refractivity contribution < 1.29 is 14.4 Å². The van der Waals surface area contributed by atoms with Gasteiger partial charge in [0.05, 0.1) is 6.04 Å². The largest absolute Gasteiger partial charge is 0.338 e. The molecule has 0 aromatic carbocycles. The van der Waals surface area contributed by atoms with E-state index in [1.54, 1.807) is 4.90 Å². The summed E-state index contributed by atoms with van der Waals surface area (Å²) >= 11 is 0. The highest BCUT2D eigenvalue weighted by atomic mass is 16.2. The summed E-state index contributed by atoms with van der Waals surface area (Å²) in [6, 6.07) is -0.216. The highest BCUT2D eigenvalue weighted by molar-refractivity contribution is 6.02. The molecule has 0 aromatic heterocycles. The molecule has 2 fully saturated rings. The molecule has 2 saturated heterocycles. The zero-order chi connectivity index (χ0) is 12.4. The van der Waals surface area contributed by atoms with E-state index in [9.17, 15) is 14.4 Å². The number of likely N-dealkylation sites (tertiary alicyclic amines) is 2. The number of carbonyl (C=O) groups is 3. The molecule has 0 aliphatic carbocycles. The number of hydrogen-bond acceptors (Lipinski definition) is 3. The lowest BCUT2D eigenvalue weighted by Crippen LogP contribution is -2.63. The van der Waals surface area contributed by atoms with Gasteiger partial charge in [-0.3, -0.25) is 14.5 Å². The highest BCUT2D eigenvalue weighted by Crippen LogP contribution is 2.22. The van der Waals surface area contributed by atoms with Gasteiger partial charge >= 0.3 is 6.03 Å².